The molecule has 0 aliphatic rings. The van der Waals surface area contributed by atoms with Crippen LogP contribution in [0.2, 0.25) is 0 Å². The van der Waals surface area contributed by atoms with Gasteiger partial charge in [0.15, 0.2) is 0 Å². The third-order valence-electron chi connectivity index (χ3n) is 3.24. The Labute approximate surface area is 124 Å². The van der Waals surface area contributed by atoms with Crippen LogP contribution in [0.5, 0.6) is 0 Å². The molecule has 1 rings (SSSR count). The molecule has 0 aliphatic heterocycles. The van der Waals surface area contributed by atoms with Crippen LogP contribution in [0, 0.1) is 6.92 Å². The van der Waals surface area contributed by atoms with Crippen molar-refractivity contribution in [3.63, 3.8) is 0 Å². The Kier molecular flexibility index (Phi) is 8.26. The molecule has 1 N–H and O–H groups in total. The summed E-state index contributed by atoms with van der Waals surface area (Å²) < 4.78 is 5.18. The molecule has 0 aromatic carbocycles. The van der Waals surface area contributed by atoms with Gasteiger partial charge in [0.25, 0.3) is 0 Å². The van der Waals surface area contributed by atoms with Crippen molar-refractivity contribution < 1.29 is 9.53 Å². The highest BCUT2D eigenvalue weighted by molar-refractivity contribution is 7.11. The molecule has 0 unspecified atom stereocenters. The van der Waals surface area contributed by atoms with Crippen molar-refractivity contribution in [1.29, 1.82) is 0 Å². The van der Waals surface area contributed by atoms with Crippen LogP contribution < -0.4 is 4.87 Å². The molecule has 0 saturated heterocycles. The molecule has 0 saturated carbocycles. The van der Waals surface area contributed by atoms with Crippen LogP contribution in [0.1, 0.15) is 73.7 Å². The van der Waals surface area contributed by atoms with Gasteiger partial charge < -0.3 is 9.72 Å². The largest absolute Gasteiger partial charge is 0.461 e. The van der Waals surface area contributed by atoms with Crippen molar-refractivity contribution in [3.8, 4) is 0 Å². The minimum absolute atomic E-state index is 0.207. The van der Waals surface area contributed by atoms with E-state index < -0.39 is 0 Å². The van der Waals surface area contributed by atoms with E-state index in [9.17, 15) is 9.59 Å². The van der Waals surface area contributed by atoms with Gasteiger partial charge in [0.05, 0.1) is 6.61 Å². The normalized spacial score (nSPS) is 10.7. The molecule has 5 heteroatoms. The summed E-state index contributed by atoms with van der Waals surface area (Å²) in [4.78, 5) is 25.6. The van der Waals surface area contributed by atoms with E-state index in [1.807, 2.05) is 0 Å². The van der Waals surface area contributed by atoms with E-state index in [-0.39, 0.29) is 10.8 Å². The van der Waals surface area contributed by atoms with E-state index in [1.54, 1.807) is 6.92 Å². The van der Waals surface area contributed by atoms with Crippen molar-refractivity contribution in [2.24, 2.45) is 0 Å². The lowest BCUT2D eigenvalue weighted by Crippen LogP contribution is -2.06. The first-order valence-electron chi connectivity index (χ1n) is 7.52. The third kappa shape index (κ3) is 6.37. The number of rotatable bonds is 10. The maximum absolute atomic E-state index is 11.7. The lowest BCUT2D eigenvalue weighted by atomic mass is 10.1. The van der Waals surface area contributed by atoms with Crippen LogP contribution in [-0.2, 0) is 4.74 Å². The molecule has 0 aliphatic carbocycles. The fraction of sp³-hybridized carbons (Fsp3) is 0.733. The van der Waals surface area contributed by atoms with Crippen LogP contribution in [0.3, 0.4) is 0 Å². The van der Waals surface area contributed by atoms with Crippen molar-refractivity contribution in [3.05, 3.63) is 20.2 Å². The summed E-state index contributed by atoms with van der Waals surface area (Å²) in [6.07, 6.45) is 9.72. The molecule has 0 bridgehead atoms. The van der Waals surface area contributed by atoms with Crippen molar-refractivity contribution in [2.45, 2.75) is 65.2 Å². The minimum atomic E-state index is -0.381. The van der Waals surface area contributed by atoms with Gasteiger partial charge in [-0.05, 0) is 13.3 Å². The molecule has 0 amide bonds. The number of carbonyl (C=O) groups excluding carboxylic acids is 1. The summed E-state index contributed by atoms with van der Waals surface area (Å²) in [5.41, 5.74) is 0.598. The zero-order valence-corrected chi connectivity index (χ0v) is 13.3. The Balaban J connectivity index is 2.05. The summed E-state index contributed by atoms with van der Waals surface area (Å²) in [6, 6.07) is 0. The van der Waals surface area contributed by atoms with Crippen molar-refractivity contribution in [1.82, 2.24) is 4.98 Å². The number of hydrogen-bond donors (Lipinski definition) is 1. The smallest absolute Gasteiger partial charge is 0.350 e. The van der Waals surface area contributed by atoms with E-state index in [0.717, 1.165) is 24.2 Å². The number of aryl methyl sites for hydroxylation is 1. The number of aromatic amines is 1. The Morgan fingerprint density at radius 3 is 2.25 bits per heavy atom. The fourth-order valence-electron chi connectivity index (χ4n) is 2.07. The highest BCUT2D eigenvalue weighted by atomic mass is 32.1. The van der Waals surface area contributed by atoms with Gasteiger partial charge in [0.1, 0.15) is 4.88 Å². The Morgan fingerprint density at radius 2 is 1.70 bits per heavy atom. The zero-order valence-electron chi connectivity index (χ0n) is 12.5. The molecule has 4 nitrogen and oxygen atoms in total. The molecule has 0 spiro atoms. The lowest BCUT2D eigenvalue weighted by Gasteiger charge is -2.04. The molecule has 0 fully saturated rings. The van der Waals surface area contributed by atoms with E-state index in [2.05, 4.69) is 11.9 Å². The van der Waals surface area contributed by atoms with E-state index in [0.29, 0.717) is 17.2 Å². The number of hydrogen-bond acceptors (Lipinski definition) is 4. The molecule has 0 radical (unpaired) electrons. The first kappa shape index (κ1) is 17.0. The first-order chi connectivity index (χ1) is 9.65. The molecule has 114 valence electrons. The maximum Gasteiger partial charge on any atom is 0.350 e. The zero-order chi connectivity index (χ0) is 14.8. The van der Waals surface area contributed by atoms with Gasteiger partial charge in [-0.1, -0.05) is 63.2 Å². The second-order valence-corrected chi connectivity index (χ2v) is 6.06. The molecule has 20 heavy (non-hydrogen) atoms. The molecule has 1 aromatic heterocycles. The van der Waals surface area contributed by atoms with Crippen LogP contribution in [0.4, 0.5) is 0 Å². The number of H-pyrrole nitrogens is 1. The number of esters is 1. The van der Waals surface area contributed by atoms with Crippen LogP contribution in [-0.4, -0.2) is 17.6 Å². The Hall–Kier alpha value is -1.10. The number of nitrogens with one attached hydrogen (secondary N) is 1. The SMILES string of the molecule is CCCCCCCCCCOC(=O)c1sc(=O)[nH]c1C. The average molecular weight is 299 g/mol. The number of unbranched alkanes of at least 4 members (excludes halogenated alkanes) is 7. The average Bonchev–Trinajstić information content (AvgIpc) is 2.75. The van der Waals surface area contributed by atoms with E-state index in [4.69, 9.17) is 4.74 Å². The van der Waals surface area contributed by atoms with E-state index >= 15 is 0 Å². The molecule has 1 aromatic rings. The summed E-state index contributed by atoms with van der Waals surface area (Å²) >= 11 is 0.916. The number of ether oxygens (including phenoxy) is 1. The maximum atomic E-state index is 11.7. The van der Waals surface area contributed by atoms with Gasteiger partial charge in [-0.3, -0.25) is 4.79 Å². The lowest BCUT2D eigenvalue weighted by molar-refractivity contribution is 0.0502. The van der Waals surface area contributed by atoms with Gasteiger partial charge in [0.2, 0.25) is 0 Å². The molecular formula is C15H25NO3S. The van der Waals surface area contributed by atoms with Gasteiger partial charge in [-0.15, -0.1) is 0 Å². The number of carbonyl (C=O) groups is 1. The van der Waals surface area contributed by atoms with Crippen molar-refractivity contribution in [2.75, 3.05) is 6.61 Å². The highest BCUT2D eigenvalue weighted by Gasteiger charge is 2.14. The summed E-state index contributed by atoms with van der Waals surface area (Å²) in [6.45, 7) is 4.38. The van der Waals surface area contributed by atoms with Crippen LogP contribution in [0.25, 0.3) is 0 Å². The van der Waals surface area contributed by atoms with Crippen LogP contribution in [0.15, 0.2) is 4.79 Å². The van der Waals surface area contributed by atoms with E-state index in [1.165, 1.54) is 38.5 Å². The summed E-state index contributed by atoms with van der Waals surface area (Å²) in [7, 11) is 0. The van der Waals surface area contributed by atoms with Gasteiger partial charge in [-0.25, -0.2) is 4.79 Å². The highest BCUT2D eigenvalue weighted by Crippen LogP contribution is 2.11. The Bertz CT molecular complexity index is 450. The van der Waals surface area contributed by atoms with Gasteiger partial charge in [-0.2, -0.15) is 0 Å². The molecule has 0 atom stereocenters. The molecule has 1 heterocycles. The van der Waals surface area contributed by atoms with Gasteiger partial charge >= 0.3 is 10.8 Å². The second kappa shape index (κ2) is 9.75. The third-order valence-corrected chi connectivity index (χ3v) is 4.21. The fourth-order valence-corrected chi connectivity index (χ4v) is 2.80. The predicted molar refractivity (Wildman–Crippen MR) is 82.6 cm³/mol. The Morgan fingerprint density at radius 1 is 1.10 bits per heavy atom. The monoisotopic (exact) mass is 299 g/mol. The summed E-state index contributed by atoms with van der Waals surface area (Å²) in [5, 5.41) is 0. The predicted octanol–water partition coefficient (Wildman–Crippen LogP) is 4.04. The standard InChI is InChI=1S/C15H25NO3S/c1-3-4-5-6-7-8-9-10-11-19-14(17)13-12(2)16-15(18)20-13/h3-11H2,1-2H3,(H,16,18). The number of thiazole rings is 1. The number of aromatic nitrogens is 1. The minimum Gasteiger partial charge on any atom is -0.461 e. The second-order valence-electron chi connectivity index (χ2n) is 5.08. The quantitative estimate of drug-likeness (QED) is 0.524. The van der Waals surface area contributed by atoms with Gasteiger partial charge in [0, 0.05) is 5.69 Å². The van der Waals surface area contributed by atoms with Crippen molar-refractivity contribution >= 4 is 17.3 Å². The molecular weight excluding hydrogens is 274 g/mol. The summed E-state index contributed by atoms with van der Waals surface area (Å²) in [5.74, 6) is -0.381. The van der Waals surface area contributed by atoms with Crippen LogP contribution >= 0.6 is 11.3 Å². The topological polar surface area (TPSA) is 59.2 Å². The first-order valence-corrected chi connectivity index (χ1v) is 8.33.